The van der Waals surface area contributed by atoms with Crippen molar-refractivity contribution >= 4 is 17.6 Å². The first kappa shape index (κ1) is 19.4. The Kier molecular flexibility index (Phi) is 6.22. The van der Waals surface area contributed by atoms with Crippen LogP contribution in [-0.2, 0) is 9.53 Å². The predicted molar refractivity (Wildman–Crippen MR) is 110 cm³/mol. The highest BCUT2D eigenvalue weighted by molar-refractivity contribution is 5.94. The fraction of sp³-hybridized carbons (Fsp3) is 0.167. The quantitative estimate of drug-likeness (QED) is 0.623. The Hall–Kier alpha value is -3.40. The number of methoxy groups -OCH3 is 1. The van der Waals surface area contributed by atoms with E-state index < -0.39 is 5.97 Å². The van der Waals surface area contributed by atoms with Crippen molar-refractivity contribution in [1.82, 2.24) is 0 Å². The van der Waals surface area contributed by atoms with Gasteiger partial charge in [0.2, 0.25) is 5.91 Å². The normalized spacial score (nSPS) is 10.5. The van der Waals surface area contributed by atoms with Crippen LogP contribution in [0.2, 0.25) is 0 Å². The molecule has 3 aromatic rings. The van der Waals surface area contributed by atoms with Crippen molar-refractivity contribution < 1.29 is 14.3 Å². The van der Waals surface area contributed by atoms with Crippen LogP contribution in [0.4, 0.5) is 5.69 Å². The molecule has 1 amide bonds. The smallest absolute Gasteiger partial charge is 0.337 e. The standard InChI is InChI=1S/C24H23NO3/c1-17-15-20(24(27)28-2)13-14-22(17)25-23(26)16-21(18-9-5-3-6-10-18)19-11-7-4-8-12-19/h3-15,21H,16H2,1-2H3,(H,25,26). The second-order valence-corrected chi connectivity index (χ2v) is 6.65. The van der Waals surface area contributed by atoms with Gasteiger partial charge >= 0.3 is 5.97 Å². The lowest BCUT2D eigenvalue weighted by molar-refractivity contribution is -0.116. The summed E-state index contributed by atoms with van der Waals surface area (Å²) in [6.45, 7) is 1.86. The van der Waals surface area contributed by atoms with Gasteiger partial charge in [-0.3, -0.25) is 4.79 Å². The summed E-state index contributed by atoms with van der Waals surface area (Å²) in [4.78, 5) is 24.4. The molecule has 0 saturated heterocycles. The second-order valence-electron chi connectivity index (χ2n) is 6.65. The summed E-state index contributed by atoms with van der Waals surface area (Å²) in [5.74, 6) is -0.502. The molecule has 0 bridgehead atoms. The molecular formula is C24H23NO3. The molecule has 0 aromatic heterocycles. The van der Waals surface area contributed by atoms with Crippen LogP contribution in [0.1, 0.15) is 39.4 Å². The summed E-state index contributed by atoms with van der Waals surface area (Å²) in [5, 5.41) is 2.97. The van der Waals surface area contributed by atoms with Gasteiger partial charge in [-0.25, -0.2) is 4.79 Å². The highest BCUT2D eigenvalue weighted by atomic mass is 16.5. The Morgan fingerprint density at radius 1 is 0.893 bits per heavy atom. The average Bonchev–Trinajstić information content (AvgIpc) is 2.74. The lowest BCUT2D eigenvalue weighted by Gasteiger charge is -2.18. The summed E-state index contributed by atoms with van der Waals surface area (Å²) in [7, 11) is 1.35. The third-order valence-corrected chi connectivity index (χ3v) is 4.71. The van der Waals surface area contributed by atoms with Crippen molar-refractivity contribution in [3.63, 3.8) is 0 Å². The van der Waals surface area contributed by atoms with Gasteiger partial charge in [0.15, 0.2) is 0 Å². The molecule has 28 heavy (non-hydrogen) atoms. The van der Waals surface area contributed by atoms with Crippen LogP contribution in [0.3, 0.4) is 0 Å². The Labute approximate surface area is 165 Å². The highest BCUT2D eigenvalue weighted by Gasteiger charge is 2.19. The topological polar surface area (TPSA) is 55.4 Å². The molecule has 4 nitrogen and oxygen atoms in total. The third kappa shape index (κ3) is 4.65. The van der Waals surface area contributed by atoms with Crippen LogP contribution in [-0.4, -0.2) is 19.0 Å². The van der Waals surface area contributed by atoms with Crippen LogP contribution >= 0.6 is 0 Å². The van der Waals surface area contributed by atoms with Crippen LogP contribution in [0, 0.1) is 6.92 Å². The van der Waals surface area contributed by atoms with E-state index in [4.69, 9.17) is 4.74 Å². The zero-order valence-corrected chi connectivity index (χ0v) is 16.0. The van der Waals surface area contributed by atoms with Crippen molar-refractivity contribution in [2.24, 2.45) is 0 Å². The first-order valence-corrected chi connectivity index (χ1v) is 9.17. The molecule has 3 aromatic carbocycles. The van der Waals surface area contributed by atoms with E-state index in [0.717, 1.165) is 16.7 Å². The molecule has 0 spiro atoms. The maximum atomic E-state index is 12.8. The highest BCUT2D eigenvalue weighted by Crippen LogP contribution is 2.28. The number of carbonyl (C=O) groups excluding carboxylic acids is 2. The number of ether oxygens (including phenoxy) is 1. The molecule has 0 aliphatic rings. The van der Waals surface area contributed by atoms with Crippen molar-refractivity contribution in [3.05, 3.63) is 101 Å². The van der Waals surface area contributed by atoms with E-state index in [0.29, 0.717) is 17.7 Å². The maximum absolute atomic E-state index is 12.8. The van der Waals surface area contributed by atoms with Gasteiger partial charge in [0.05, 0.1) is 12.7 Å². The van der Waals surface area contributed by atoms with Gasteiger partial charge in [-0.15, -0.1) is 0 Å². The van der Waals surface area contributed by atoms with Gasteiger partial charge in [-0.05, 0) is 41.8 Å². The summed E-state index contributed by atoms with van der Waals surface area (Å²) < 4.78 is 4.74. The van der Waals surface area contributed by atoms with E-state index in [1.165, 1.54) is 7.11 Å². The van der Waals surface area contributed by atoms with Gasteiger partial charge in [0.1, 0.15) is 0 Å². The van der Waals surface area contributed by atoms with Crippen molar-refractivity contribution in [2.45, 2.75) is 19.3 Å². The van der Waals surface area contributed by atoms with Crippen LogP contribution in [0.25, 0.3) is 0 Å². The number of anilines is 1. The van der Waals surface area contributed by atoms with Crippen LogP contribution in [0.5, 0.6) is 0 Å². The van der Waals surface area contributed by atoms with Gasteiger partial charge in [0.25, 0.3) is 0 Å². The van der Waals surface area contributed by atoms with E-state index >= 15 is 0 Å². The van der Waals surface area contributed by atoms with Gasteiger partial charge in [-0.1, -0.05) is 60.7 Å². The molecule has 0 heterocycles. The van der Waals surface area contributed by atoms with E-state index in [1.807, 2.05) is 67.6 Å². The molecule has 0 fully saturated rings. The first-order valence-electron chi connectivity index (χ1n) is 9.17. The Balaban J connectivity index is 1.79. The Bertz CT molecular complexity index is 913. The minimum atomic E-state index is -0.394. The van der Waals surface area contributed by atoms with Gasteiger partial charge < -0.3 is 10.1 Å². The lowest BCUT2D eigenvalue weighted by atomic mass is 9.88. The summed E-state index contributed by atoms with van der Waals surface area (Å²) in [6, 6.07) is 25.2. The number of nitrogens with one attached hydrogen (secondary N) is 1. The molecule has 3 rings (SSSR count). The van der Waals surface area contributed by atoms with Crippen LogP contribution in [0.15, 0.2) is 78.9 Å². The molecule has 142 valence electrons. The predicted octanol–water partition coefficient (Wildman–Crippen LogP) is 4.94. The molecule has 4 heteroatoms. The van der Waals surface area contributed by atoms with E-state index in [1.54, 1.807) is 18.2 Å². The van der Waals surface area contributed by atoms with E-state index in [9.17, 15) is 9.59 Å². The number of aryl methyl sites for hydroxylation is 1. The van der Waals surface area contributed by atoms with Crippen molar-refractivity contribution in [3.8, 4) is 0 Å². The largest absolute Gasteiger partial charge is 0.465 e. The molecule has 0 atom stereocenters. The van der Waals surface area contributed by atoms with E-state index in [-0.39, 0.29) is 11.8 Å². The SMILES string of the molecule is COC(=O)c1ccc(NC(=O)CC(c2ccccc2)c2ccccc2)c(C)c1. The summed E-state index contributed by atoms with van der Waals surface area (Å²) in [5.41, 5.74) is 4.16. The summed E-state index contributed by atoms with van der Waals surface area (Å²) >= 11 is 0. The average molecular weight is 373 g/mol. The minimum absolute atomic E-state index is 0.0305. The second kappa shape index (κ2) is 9.00. The Morgan fingerprint density at radius 3 is 1.96 bits per heavy atom. The summed E-state index contributed by atoms with van der Waals surface area (Å²) in [6.07, 6.45) is 0.326. The minimum Gasteiger partial charge on any atom is -0.465 e. The fourth-order valence-electron chi connectivity index (χ4n) is 3.23. The molecule has 0 radical (unpaired) electrons. The van der Waals surface area contributed by atoms with Crippen molar-refractivity contribution in [1.29, 1.82) is 0 Å². The lowest BCUT2D eigenvalue weighted by Crippen LogP contribution is -2.17. The number of hydrogen-bond donors (Lipinski definition) is 1. The fourth-order valence-corrected chi connectivity index (χ4v) is 3.23. The Morgan fingerprint density at radius 2 is 1.46 bits per heavy atom. The zero-order valence-electron chi connectivity index (χ0n) is 16.0. The third-order valence-electron chi connectivity index (χ3n) is 4.71. The van der Waals surface area contributed by atoms with Crippen LogP contribution < -0.4 is 5.32 Å². The first-order chi connectivity index (χ1) is 13.6. The molecule has 0 aliphatic heterocycles. The molecular weight excluding hydrogens is 350 g/mol. The number of amides is 1. The number of carbonyl (C=O) groups is 2. The number of hydrogen-bond acceptors (Lipinski definition) is 3. The van der Waals surface area contributed by atoms with Gasteiger partial charge in [0, 0.05) is 18.0 Å². The monoisotopic (exact) mass is 373 g/mol. The van der Waals surface area contributed by atoms with E-state index in [2.05, 4.69) is 5.32 Å². The maximum Gasteiger partial charge on any atom is 0.337 e. The number of benzene rings is 3. The molecule has 0 unspecified atom stereocenters. The zero-order chi connectivity index (χ0) is 19.9. The molecule has 0 aliphatic carbocycles. The van der Waals surface area contributed by atoms with Crippen molar-refractivity contribution in [2.75, 3.05) is 12.4 Å². The number of rotatable bonds is 6. The molecule has 1 N–H and O–H groups in total. The van der Waals surface area contributed by atoms with Gasteiger partial charge in [-0.2, -0.15) is 0 Å². The number of esters is 1. The molecule has 0 saturated carbocycles.